The molecule has 0 spiro atoms. The minimum Gasteiger partial charge on any atom is -0.508 e. The highest BCUT2D eigenvalue weighted by Gasteiger charge is 2.40. The Labute approximate surface area is 140 Å². The van der Waals surface area contributed by atoms with Gasteiger partial charge in [-0.15, -0.1) is 0 Å². The largest absolute Gasteiger partial charge is 0.508 e. The summed E-state index contributed by atoms with van der Waals surface area (Å²) in [6.45, 7) is 2.68. The first kappa shape index (κ1) is 16.1. The fraction of sp³-hybridized carbons (Fsp3) is 0.444. The molecule has 0 atom stereocenters. The number of rotatable bonds is 3. The molecule has 0 bridgehead atoms. The van der Waals surface area contributed by atoms with Crippen LogP contribution in [0, 0.1) is 5.41 Å². The lowest BCUT2D eigenvalue weighted by atomic mass is 9.75. The van der Waals surface area contributed by atoms with Gasteiger partial charge in [-0.25, -0.2) is 0 Å². The van der Waals surface area contributed by atoms with Crippen molar-refractivity contribution in [2.24, 2.45) is 5.41 Å². The summed E-state index contributed by atoms with van der Waals surface area (Å²) in [4.78, 5) is 26.6. The molecule has 1 N–H and O–H groups in total. The number of phenolic OH excluding ortho intramolecular Hbond substituents is 1. The number of thioether (sulfide) groups is 1. The standard InChI is InChI=1S/C18H21NO3S/c1-18(8-3-2-4-9-18)12-19-16(21)15(23-17(19)22)11-13-6-5-7-14(20)10-13/h5-7,10-11,20H,2-4,8-9,12H2,1H3. The van der Waals surface area contributed by atoms with Gasteiger partial charge in [-0.1, -0.05) is 38.3 Å². The number of benzene rings is 1. The summed E-state index contributed by atoms with van der Waals surface area (Å²) in [6.07, 6.45) is 7.40. The Bertz CT molecular complexity index is 662. The molecule has 2 aliphatic rings. The molecule has 5 heteroatoms. The number of aromatic hydroxyl groups is 1. The van der Waals surface area contributed by atoms with Gasteiger partial charge in [0.25, 0.3) is 11.1 Å². The molecule has 0 aromatic heterocycles. The second-order valence-electron chi connectivity index (χ2n) is 6.73. The van der Waals surface area contributed by atoms with Crippen molar-refractivity contribution in [3.05, 3.63) is 34.7 Å². The van der Waals surface area contributed by atoms with E-state index in [2.05, 4.69) is 6.92 Å². The number of hydrogen-bond donors (Lipinski definition) is 1. The summed E-state index contributed by atoms with van der Waals surface area (Å²) >= 11 is 0.987. The quantitative estimate of drug-likeness (QED) is 0.834. The Kier molecular flexibility index (Phi) is 4.48. The van der Waals surface area contributed by atoms with Crippen LogP contribution in [0.3, 0.4) is 0 Å². The molecule has 122 valence electrons. The van der Waals surface area contributed by atoms with E-state index in [1.807, 2.05) is 0 Å². The zero-order valence-corrected chi connectivity index (χ0v) is 14.1. The molecule has 4 nitrogen and oxygen atoms in total. The van der Waals surface area contributed by atoms with E-state index in [-0.39, 0.29) is 22.3 Å². The fourth-order valence-corrected chi connectivity index (χ4v) is 4.19. The smallest absolute Gasteiger partial charge is 0.293 e. The predicted octanol–water partition coefficient (Wildman–Crippen LogP) is 4.40. The van der Waals surface area contributed by atoms with Crippen LogP contribution in [0.5, 0.6) is 5.75 Å². The minimum absolute atomic E-state index is 0.0462. The highest BCUT2D eigenvalue weighted by atomic mass is 32.2. The van der Waals surface area contributed by atoms with Crippen molar-refractivity contribution < 1.29 is 14.7 Å². The SMILES string of the molecule is CC1(CN2C(=O)SC(=Cc3cccc(O)c3)C2=O)CCCCC1. The van der Waals surface area contributed by atoms with Crippen LogP contribution < -0.4 is 0 Å². The van der Waals surface area contributed by atoms with Crippen molar-refractivity contribution in [2.75, 3.05) is 6.54 Å². The molecule has 0 radical (unpaired) electrons. The van der Waals surface area contributed by atoms with Crippen molar-refractivity contribution in [3.8, 4) is 5.75 Å². The average molecular weight is 331 g/mol. The summed E-state index contributed by atoms with van der Waals surface area (Å²) in [5, 5.41) is 9.32. The summed E-state index contributed by atoms with van der Waals surface area (Å²) in [7, 11) is 0. The van der Waals surface area contributed by atoms with Crippen LogP contribution in [-0.4, -0.2) is 27.7 Å². The predicted molar refractivity (Wildman–Crippen MR) is 92.0 cm³/mol. The van der Waals surface area contributed by atoms with E-state index >= 15 is 0 Å². The molecule has 2 fully saturated rings. The van der Waals surface area contributed by atoms with Gasteiger partial charge in [-0.2, -0.15) is 0 Å². The van der Waals surface area contributed by atoms with Gasteiger partial charge >= 0.3 is 0 Å². The maximum Gasteiger partial charge on any atom is 0.293 e. The topological polar surface area (TPSA) is 57.6 Å². The molecule has 1 heterocycles. The first-order chi connectivity index (χ1) is 11.0. The van der Waals surface area contributed by atoms with Gasteiger partial charge in [0.2, 0.25) is 0 Å². The summed E-state index contributed by atoms with van der Waals surface area (Å²) in [6, 6.07) is 6.67. The highest BCUT2D eigenvalue weighted by molar-refractivity contribution is 8.18. The molecule has 1 aliphatic carbocycles. The Morgan fingerprint density at radius 2 is 2.00 bits per heavy atom. The van der Waals surface area contributed by atoms with E-state index < -0.39 is 0 Å². The highest BCUT2D eigenvalue weighted by Crippen LogP contribution is 2.40. The average Bonchev–Trinajstić information content (AvgIpc) is 2.75. The zero-order valence-electron chi connectivity index (χ0n) is 13.2. The first-order valence-corrected chi connectivity index (χ1v) is 8.83. The van der Waals surface area contributed by atoms with Crippen molar-refractivity contribution >= 4 is 29.0 Å². The molecule has 23 heavy (non-hydrogen) atoms. The van der Waals surface area contributed by atoms with E-state index in [9.17, 15) is 14.7 Å². The van der Waals surface area contributed by atoms with Crippen molar-refractivity contribution in [1.29, 1.82) is 0 Å². The van der Waals surface area contributed by atoms with Crippen molar-refractivity contribution in [1.82, 2.24) is 4.90 Å². The molecule has 2 amide bonds. The third-order valence-corrected chi connectivity index (χ3v) is 5.55. The Morgan fingerprint density at radius 1 is 1.26 bits per heavy atom. The van der Waals surface area contributed by atoms with E-state index in [1.54, 1.807) is 30.3 Å². The number of phenols is 1. The number of amides is 2. The number of hydrogen-bond acceptors (Lipinski definition) is 4. The Balaban J connectivity index is 1.77. The third-order valence-electron chi connectivity index (χ3n) is 4.64. The molecule has 1 saturated heterocycles. The molecular weight excluding hydrogens is 310 g/mol. The van der Waals surface area contributed by atoms with Crippen LogP contribution in [0.15, 0.2) is 29.2 Å². The number of nitrogens with zero attached hydrogens (tertiary/aromatic N) is 1. The maximum absolute atomic E-state index is 12.6. The molecule has 1 aromatic carbocycles. The molecule has 1 saturated carbocycles. The first-order valence-electron chi connectivity index (χ1n) is 8.01. The lowest BCUT2D eigenvalue weighted by Crippen LogP contribution is -2.39. The summed E-state index contributed by atoms with van der Waals surface area (Å²) in [5.41, 5.74) is 0.768. The van der Waals surface area contributed by atoms with Crippen LogP contribution in [0.25, 0.3) is 6.08 Å². The van der Waals surface area contributed by atoms with Crippen LogP contribution in [0.1, 0.15) is 44.6 Å². The van der Waals surface area contributed by atoms with Crippen LogP contribution in [0.4, 0.5) is 4.79 Å². The molecular formula is C18H21NO3S. The van der Waals surface area contributed by atoms with Gasteiger partial charge in [0.1, 0.15) is 5.75 Å². The number of imide groups is 1. The van der Waals surface area contributed by atoms with Gasteiger partial charge in [0, 0.05) is 6.54 Å². The third kappa shape index (κ3) is 3.61. The van der Waals surface area contributed by atoms with Crippen molar-refractivity contribution in [2.45, 2.75) is 39.0 Å². The van der Waals surface area contributed by atoms with Gasteiger partial charge in [-0.05, 0) is 53.8 Å². The molecule has 1 aromatic rings. The van der Waals surface area contributed by atoms with Gasteiger partial charge < -0.3 is 5.11 Å². The zero-order chi connectivity index (χ0) is 16.4. The summed E-state index contributed by atoms with van der Waals surface area (Å²) in [5.74, 6) is -0.0668. The van der Waals surface area contributed by atoms with E-state index in [0.717, 1.165) is 30.2 Å². The van der Waals surface area contributed by atoms with Gasteiger partial charge in [0.15, 0.2) is 0 Å². The van der Waals surface area contributed by atoms with Crippen LogP contribution in [-0.2, 0) is 4.79 Å². The van der Waals surface area contributed by atoms with Gasteiger partial charge in [0.05, 0.1) is 4.91 Å². The van der Waals surface area contributed by atoms with E-state index in [1.165, 1.54) is 24.2 Å². The minimum atomic E-state index is -0.213. The molecule has 0 unspecified atom stereocenters. The normalized spacial score (nSPS) is 22.8. The lowest BCUT2D eigenvalue weighted by Gasteiger charge is -2.35. The second-order valence-corrected chi connectivity index (χ2v) is 7.73. The fourth-order valence-electron chi connectivity index (χ4n) is 3.35. The molecule has 1 aliphatic heterocycles. The number of carbonyl (C=O) groups is 2. The lowest BCUT2D eigenvalue weighted by molar-refractivity contribution is -0.124. The van der Waals surface area contributed by atoms with Gasteiger partial charge in [-0.3, -0.25) is 14.5 Å². The second kappa shape index (κ2) is 6.40. The van der Waals surface area contributed by atoms with E-state index in [4.69, 9.17) is 0 Å². The Hall–Kier alpha value is -1.75. The van der Waals surface area contributed by atoms with Crippen LogP contribution in [0.2, 0.25) is 0 Å². The van der Waals surface area contributed by atoms with E-state index in [0.29, 0.717) is 11.4 Å². The van der Waals surface area contributed by atoms with Crippen molar-refractivity contribution in [3.63, 3.8) is 0 Å². The Morgan fingerprint density at radius 3 is 2.70 bits per heavy atom. The summed E-state index contributed by atoms with van der Waals surface area (Å²) < 4.78 is 0. The molecule has 3 rings (SSSR count). The maximum atomic E-state index is 12.6. The monoisotopic (exact) mass is 331 g/mol. The van der Waals surface area contributed by atoms with Crippen LogP contribution >= 0.6 is 11.8 Å². The number of carbonyl (C=O) groups excluding carboxylic acids is 2.